The Labute approximate surface area is 304 Å². The summed E-state index contributed by atoms with van der Waals surface area (Å²) in [5, 5.41) is 14.5. The molecule has 2 fully saturated rings. The van der Waals surface area contributed by atoms with Crippen LogP contribution in [0.4, 0.5) is 0 Å². The number of carbonyl (C=O) groups is 3. The van der Waals surface area contributed by atoms with Gasteiger partial charge in [-0.2, -0.15) is 8.62 Å². The van der Waals surface area contributed by atoms with Crippen molar-refractivity contribution in [1.82, 2.24) is 15.4 Å². The van der Waals surface area contributed by atoms with Crippen LogP contribution in [0.15, 0.2) is 77.0 Å². The number of phosphoric ester groups is 1. The molecule has 0 radical (unpaired) electrons. The number of imide groups is 1. The standard InChI is InChI=1S/C28H32N3O16P3S2/c32-22-17-23(44-24(22)18-43-49(39,40)47-50(41,42)46-48(36,37)38)20-8-2-1-6-19(10-11-20)7-5-14-29-21-16-26(33)31(28(21)35)45-27(34)12-15-51-52-25-9-3-4-13-30-25/h1-4,6,8-11,13,21-24,29,32H,12,14-18H2,(H,39,40)(H,41,42)(H2,36,37,38)/b2-1-,6-1?,8-2?,11-10-,19-6-,19-10?,20-8+,20-11?/t21?,22?,23-,24-/m1/s1. The number of rotatable bonds is 16. The van der Waals surface area contributed by atoms with Crippen molar-refractivity contribution in [3.63, 3.8) is 0 Å². The molecule has 3 heterocycles. The lowest BCUT2D eigenvalue weighted by Gasteiger charge is -2.19. The van der Waals surface area contributed by atoms with Crippen LogP contribution in [-0.4, -0.2) is 95.8 Å². The number of hydroxylamine groups is 2. The fourth-order valence-electron chi connectivity index (χ4n) is 4.44. The lowest BCUT2D eigenvalue weighted by atomic mass is 10.0. The van der Waals surface area contributed by atoms with E-state index >= 15 is 0 Å². The third-order valence-electron chi connectivity index (χ3n) is 6.68. The third kappa shape index (κ3) is 13.9. The number of hydrogen-bond donors (Lipinski definition) is 6. The molecule has 0 aromatic carbocycles. The molecule has 0 saturated carbocycles. The molecule has 282 valence electrons. The Morgan fingerprint density at radius 3 is 2.58 bits per heavy atom. The van der Waals surface area contributed by atoms with E-state index in [2.05, 4.69) is 35.3 Å². The fourth-order valence-corrected chi connectivity index (χ4v) is 9.32. The molecule has 2 amide bonds. The number of nitrogens with one attached hydrogen (secondary N) is 1. The van der Waals surface area contributed by atoms with Crippen molar-refractivity contribution < 1.29 is 75.5 Å². The Hall–Kier alpha value is -2.73. The smallest absolute Gasteiger partial charge is 0.390 e. The highest BCUT2D eigenvalue weighted by Crippen LogP contribution is 2.66. The van der Waals surface area contributed by atoms with Gasteiger partial charge in [-0.1, -0.05) is 53.0 Å². The van der Waals surface area contributed by atoms with Crippen LogP contribution in [0.2, 0.25) is 0 Å². The number of amides is 2. The van der Waals surface area contributed by atoms with E-state index in [1.54, 1.807) is 48.7 Å². The molecular formula is C28H32N3O16P3S2. The molecule has 24 heteroatoms. The minimum Gasteiger partial charge on any atom is -0.390 e. The molecule has 3 aliphatic rings. The second-order valence-electron chi connectivity index (χ2n) is 10.6. The zero-order valence-corrected chi connectivity index (χ0v) is 30.9. The lowest BCUT2D eigenvalue weighted by molar-refractivity contribution is -0.197. The molecule has 6 atom stereocenters. The number of phosphoric acid groups is 3. The molecule has 0 spiro atoms. The summed E-state index contributed by atoms with van der Waals surface area (Å²) in [6.07, 6.45) is 8.32. The summed E-state index contributed by atoms with van der Waals surface area (Å²) in [5.74, 6) is 4.05. The maximum Gasteiger partial charge on any atom is 0.490 e. The maximum atomic E-state index is 12.7. The summed E-state index contributed by atoms with van der Waals surface area (Å²) >= 11 is 0. The topological polar surface area (TPSA) is 278 Å². The summed E-state index contributed by atoms with van der Waals surface area (Å²) in [6, 6.07) is 4.52. The highest BCUT2D eigenvalue weighted by Gasteiger charge is 2.43. The number of aliphatic hydroxyl groups excluding tert-OH is 1. The molecule has 52 heavy (non-hydrogen) atoms. The van der Waals surface area contributed by atoms with E-state index in [-0.39, 0.29) is 25.8 Å². The minimum absolute atomic E-state index is 0.0135. The van der Waals surface area contributed by atoms with Gasteiger partial charge in [-0.3, -0.25) is 19.4 Å². The van der Waals surface area contributed by atoms with Gasteiger partial charge in [0.1, 0.15) is 17.2 Å². The van der Waals surface area contributed by atoms with Gasteiger partial charge >= 0.3 is 29.4 Å². The van der Waals surface area contributed by atoms with Gasteiger partial charge in [0.05, 0.1) is 38.2 Å². The van der Waals surface area contributed by atoms with E-state index in [0.29, 0.717) is 22.0 Å². The first-order chi connectivity index (χ1) is 24.5. The van der Waals surface area contributed by atoms with Crippen molar-refractivity contribution in [3.8, 4) is 11.8 Å². The number of carbonyl (C=O) groups excluding carboxylic acids is 3. The minimum atomic E-state index is -5.70. The quantitative estimate of drug-likeness (QED) is 0.0458. The van der Waals surface area contributed by atoms with Gasteiger partial charge in [-0.05, 0) is 40.7 Å². The van der Waals surface area contributed by atoms with Crippen LogP contribution in [0.25, 0.3) is 0 Å². The molecule has 1 aromatic heterocycles. The number of hydrogen-bond acceptors (Lipinski definition) is 16. The molecular weight excluding hydrogens is 791 g/mol. The van der Waals surface area contributed by atoms with Crippen LogP contribution in [0, 0.1) is 11.8 Å². The van der Waals surface area contributed by atoms with Gasteiger partial charge in [-0.15, -0.1) is 5.06 Å². The van der Waals surface area contributed by atoms with E-state index in [1.165, 1.54) is 21.6 Å². The lowest BCUT2D eigenvalue weighted by Crippen LogP contribution is -2.40. The van der Waals surface area contributed by atoms with E-state index < -0.39 is 72.2 Å². The number of aliphatic hydroxyl groups is 1. The molecule has 1 aliphatic carbocycles. The van der Waals surface area contributed by atoms with Gasteiger partial charge in [-0.25, -0.2) is 23.5 Å². The normalized spacial score (nSPS) is 27.4. The first-order valence-electron chi connectivity index (χ1n) is 14.9. The summed E-state index contributed by atoms with van der Waals surface area (Å²) < 4.78 is 52.0. The molecule has 1 aromatic rings. The number of nitrogens with zero attached hydrogens (tertiary/aromatic N) is 2. The van der Waals surface area contributed by atoms with E-state index in [9.17, 15) is 43.0 Å². The molecule has 0 bridgehead atoms. The Bertz CT molecular complexity index is 1830. The predicted molar refractivity (Wildman–Crippen MR) is 183 cm³/mol. The zero-order chi connectivity index (χ0) is 37.9. The van der Waals surface area contributed by atoms with E-state index in [0.717, 1.165) is 5.03 Å². The second kappa shape index (κ2) is 19.0. The van der Waals surface area contributed by atoms with Gasteiger partial charge in [0.2, 0.25) is 0 Å². The summed E-state index contributed by atoms with van der Waals surface area (Å²) in [5.41, 5.74) is 1.10. The van der Waals surface area contributed by atoms with Crippen molar-refractivity contribution in [3.05, 3.63) is 72.0 Å². The van der Waals surface area contributed by atoms with Crippen molar-refractivity contribution in [2.24, 2.45) is 0 Å². The predicted octanol–water partition coefficient (Wildman–Crippen LogP) is 2.23. The van der Waals surface area contributed by atoms with Crippen molar-refractivity contribution in [2.75, 3.05) is 18.9 Å². The molecule has 4 unspecified atom stereocenters. The molecule has 2 saturated heterocycles. The highest BCUT2D eigenvalue weighted by molar-refractivity contribution is 8.76. The Morgan fingerprint density at radius 2 is 1.85 bits per heavy atom. The average Bonchev–Trinajstić information content (AvgIpc) is 3.53. The Morgan fingerprint density at radius 1 is 1.08 bits per heavy atom. The van der Waals surface area contributed by atoms with Crippen LogP contribution in [0.3, 0.4) is 0 Å². The van der Waals surface area contributed by atoms with Crippen molar-refractivity contribution in [1.29, 1.82) is 0 Å². The zero-order valence-electron chi connectivity index (χ0n) is 26.6. The summed E-state index contributed by atoms with van der Waals surface area (Å²) in [4.78, 5) is 82.6. The second-order valence-corrected chi connectivity index (χ2v) is 17.5. The average molecular weight is 824 g/mol. The fraction of sp³-hybridized carbons (Fsp3) is 0.357. The molecule has 6 N–H and O–H groups in total. The first kappa shape index (κ1) is 42.0. The number of ether oxygens (including phenoxy) is 1. The SMILES string of the molecule is O=C(CCSSc1ccccn1)ON1C(=O)CC(NCC#CC2=C/C=C\C=C([C@H]3CC(O)[C@@H](COP(=O)(O)OP(=O)(O)OP(=O)(O)O)O3)/C=C\2)C1=O. The van der Waals surface area contributed by atoms with Gasteiger partial charge in [0.25, 0.3) is 11.8 Å². The molecule has 19 nitrogen and oxygen atoms in total. The number of allylic oxidation sites excluding steroid dienone is 6. The highest BCUT2D eigenvalue weighted by atomic mass is 33.1. The van der Waals surface area contributed by atoms with Crippen LogP contribution >= 0.6 is 45.1 Å². The monoisotopic (exact) mass is 823 g/mol. The Balaban J connectivity index is 1.20. The number of pyridine rings is 1. The molecule has 2 aliphatic heterocycles. The largest absolute Gasteiger partial charge is 0.490 e. The van der Waals surface area contributed by atoms with Crippen LogP contribution in [0.1, 0.15) is 19.3 Å². The molecule has 4 rings (SSSR count). The van der Waals surface area contributed by atoms with Gasteiger partial charge in [0, 0.05) is 23.9 Å². The van der Waals surface area contributed by atoms with E-state index in [4.69, 9.17) is 19.4 Å². The maximum absolute atomic E-state index is 12.7. The van der Waals surface area contributed by atoms with Crippen molar-refractivity contribution in [2.45, 2.75) is 48.6 Å². The summed E-state index contributed by atoms with van der Waals surface area (Å²) in [6.45, 7) is -0.793. The number of aromatic nitrogens is 1. The van der Waals surface area contributed by atoms with Gasteiger partial charge in [0.15, 0.2) is 0 Å². The van der Waals surface area contributed by atoms with E-state index in [1.807, 2.05) is 12.1 Å². The van der Waals surface area contributed by atoms with Crippen LogP contribution in [-0.2, 0) is 50.8 Å². The third-order valence-corrected chi connectivity index (χ3v) is 12.8. The van der Waals surface area contributed by atoms with Gasteiger partial charge < -0.3 is 34.3 Å². The van der Waals surface area contributed by atoms with Crippen LogP contribution < -0.4 is 5.32 Å². The van der Waals surface area contributed by atoms with Crippen molar-refractivity contribution >= 4 is 62.8 Å². The summed E-state index contributed by atoms with van der Waals surface area (Å²) in [7, 11) is -13.9. The first-order valence-corrected chi connectivity index (χ1v) is 21.7. The Kier molecular flexibility index (Phi) is 15.4. The van der Waals surface area contributed by atoms with Crippen LogP contribution in [0.5, 0.6) is 0 Å².